The first kappa shape index (κ1) is 26.0. The maximum absolute atomic E-state index is 13.0. The second kappa shape index (κ2) is 12.7. The number of allylic oxidation sites excluding steroid dienone is 1. The van der Waals surface area contributed by atoms with Gasteiger partial charge in [-0.25, -0.2) is 0 Å². The summed E-state index contributed by atoms with van der Waals surface area (Å²) >= 11 is 0. The molecule has 2 heterocycles. The Labute approximate surface area is 195 Å². The molecule has 0 aliphatic carbocycles. The smallest absolute Gasteiger partial charge is 0.326 e. The van der Waals surface area contributed by atoms with Crippen LogP contribution in [0.3, 0.4) is 0 Å². The van der Waals surface area contributed by atoms with Crippen molar-refractivity contribution in [3.63, 3.8) is 0 Å². The standard InChI is InChI=1S/C20H30N4O6S2/c1-11(2)17-20(29)21-9-16(26)30-13-6-4-5-7-31-32-10-14(19(28)24-17)23-18(27)12(3)22-15(25)8-13/h4,6,11-14,17H,5,7-10H2,1-3H3,(H,21,29)(H,22,25)(H,23,27)(H,24,28)/b6-4-/t12-,13-,14-,17+/m1/s1. The summed E-state index contributed by atoms with van der Waals surface area (Å²) in [5.74, 6) is -2.02. The topological polar surface area (TPSA) is 143 Å². The number of fused-ring (bicyclic) bond motifs is 7. The third-order valence-corrected chi connectivity index (χ3v) is 7.21. The minimum absolute atomic E-state index is 0.172. The fourth-order valence-electron chi connectivity index (χ4n) is 2.99. The van der Waals surface area contributed by atoms with Crippen molar-refractivity contribution in [2.75, 3.05) is 18.1 Å². The summed E-state index contributed by atoms with van der Waals surface area (Å²) in [4.78, 5) is 62.9. The Morgan fingerprint density at radius 3 is 2.47 bits per heavy atom. The number of ether oxygens (including phenoxy) is 1. The zero-order valence-electron chi connectivity index (χ0n) is 18.3. The van der Waals surface area contributed by atoms with E-state index in [0.29, 0.717) is 6.42 Å². The zero-order chi connectivity index (χ0) is 23.7. The normalized spacial score (nSPS) is 30.3. The number of carbonyl (C=O) groups is 5. The van der Waals surface area contributed by atoms with E-state index in [2.05, 4.69) is 21.3 Å². The molecular weight excluding hydrogens is 456 g/mol. The van der Waals surface area contributed by atoms with Crippen molar-refractivity contribution < 1.29 is 28.7 Å². The first-order valence-corrected chi connectivity index (χ1v) is 12.9. The number of amides is 4. The molecule has 12 heteroatoms. The third-order valence-electron chi connectivity index (χ3n) is 4.76. The summed E-state index contributed by atoms with van der Waals surface area (Å²) in [7, 11) is 2.96. The van der Waals surface area contributed by atoms with Crippen molar-refractivity contribution in [3.05, 3.63) is 12.2 Å². The predicted octanol–water partition coefficient (Wildman–Crippen LogP) is -0.110. The Kier molecular flexibility index (Phi) is 10.4. The lowest BCUT2D eigenvalue weighted by atomic mass is 10.0. The van der Waals surface area contributed by atoms with Crippen LogP contribution in [-0.4, -0.2) is 71.9 Å². The largest absolute Gasteiger partial charge is 0.456 e. The molecule has 32 heavy (non-hydrogen) atoms. The van der Waals surface area contributed by atoms with E-state index in [9.17, 15) is 24.0 Å². The van der Waals surface area contributed by atoms with Gasteiger partial charge in [0.1, 0.15) is 30.8 Å². The number of nitrogens with one attached hydrogen (secondary N) is 4. The summed E-state index contributed by atoms with van der Waals surface area (Å²) in [6.45, 7) is 4.64. The van der Waals surface area contributed by atoms with Gasteiger partial charge < -0.3 is 26.0 Å². The minimum atomic E-state index is -0.905. The molecule has 4 atom stereocenters. The van der Waals surface area contributed by atoms with Crippen molar-refractivity contribution >= 4 is 51.2 Å². The lowest BCUT2D eigenvalue weighted by Crippen LogP contribution is -2.58. The van der Waals surface area contributed by atoms with E-state index in [0.717, 1.165) is 5.75 Å². The molecule has 2 aliphatic heterocycles. The SMILES string of the molecule is CC(C)[C@@H]1NC(=O)[C@H]2CSSCC/C=C\[C@H](CC(=O)N[C@H](C)C(=O)N2)OC(=O)CNC1=O. The van der Waals surface area contributed by atoms with E-state index in [4.69, 9.17) is 4.74 Å². The Morgan fingerprint density at radius 1 is 1.00 bits per heavy atom. The molecule has 4 amide bonds. The van der Waals surface area contributed by atoms with Crippen LogP contribution in [0.15, 0.2) is 12.2 Å². The fourth-order valence-corrected chi connectivity index (χ4v) is 5.14. The van der Waals surface area contributed by atoms with Crippen LogP contribution in [0.4, 0.5) is 0 Å². The number of rotatable bonds is 1. The molecular formula is C20H30N4O6S2. The van der Waals surface area contributed by atoms with Crippen LogP contribution in [0.2, 0.25) is 0 Å². The van der Waals surface area contributed by atoms with Gasteiger partial charge >= 0.3 is 5.97 Å². The van der Waals surface area contributed by atoms with E-state index in [-0.39, 0.29) is 18.1 Å². The number of hydrogen-bond acceptors (Lipinski definition) is 8. The summed E-state index contributed by atoms with van der Waals surface area (Å²) in [5, 5.41) is 10.4. The summed E-state index contributed by atoms with van der Waals surface area (Å²) in [6.07, 6.45) is 3.12. The molecule has 10 nitrogen and oxygen atoms in total. The van der Waals surface area contributed by atoms with Crippen LogP contribution in [0.1, 0.15) is 33.6 Å². The zero-order valence-corrected chi connectivity index (χ0v) is 20.0. The monoisotopic (exact) mass is 486 g/mol. The van der Waals surface area contributed by atoms with E-state index >= 15 is 0 Å². The summed E-state index contributed by atoms with van der Waals surface area (Å²) in [6, 6.07) is -2.71. The lowest BCUT2D eigenvalue weighted by Gasteiger charge is -2.26. The molecule has 1 saturated heterocycles. The Hall–Kier alpha value is -2.21. The second-order valence-electron chi connectivity index (χ2n) is 7.85. The third kappa shape index (κ3) is 8.38. The van der Waals surface area contributed by atoms with Gasteiger partial charge in [0.05, 0.1) is 6.42 Å². The predicted molar refractivity (Wildman–Crippen MR) is 122 cm³/mol. The number of carbonyl (C=O) groups excluding carboxylic acids is 5. The van der Waals surface area contributed by atoms with Crippen molar-refractivity contribution in [1.29, 1.82) is 0 Å². The van der Waals surface area contributed by atoms with Crippen molar-refractivity contribution in [1.82, 2.24) is 21.3 Å². The second-order valence-corrected chi connectivity index (χ2v) is 10.5. The van der Waals surface area contributed by atoms with Crippen molar-refractivity contribution in [2.45, 2.75) is 57.8 Å². The Bertz CT molecular complexity index is 760. The van der Waals surface area contributed by atoms with E-state index < -0.39 is 60.4 Å². The molecule has 0 aromatic heterocycles. The summed E-state index contributed by atoms with van der Waals surface area (Å²) in [5.41, 5.74) is 0. The molecule has 0 radical (unpaired) electrons. The first-order chi connectivity index (χ1) is 15.2. The maximum atomic E-state index is 13.0. The van der Waals surface area contributed by atoms with Gasteiger partial charge in [-0.3, -0.25) is 24.0 Å². The fraction of sp³-hybridized carbons (Fsp3) is 0.650. The molecule has 0 aromatic rings. The molecule has 0 unspecified atom stereocenters. The Morgan fingerprint density at radius 2 is 1.75 bits per heavy atom. The van der Waals surface area contributed by atoms with Gasteiger partial charge in [0, 0.05) is 11.5 Å². The average Bonchev–Trinajstić information content (AvgIpc) is 2.72. The maximum Gasteiger partial charge on any atom is 0.326 e. The first-order valence-electron chi connectivity index (χ1n) is 10.5. The molecule has 4 N–H and O–H groups in total. The van der Waals surface area contributed by atoms with E-state index in [1.165, 1.54) is 28.5 Å². The van der Waals surface area contributed by atoms with Crippen LogP contribution in [0.5, 0.6) is 0 Å². The highest BCUT2D eigenvalue weighted by Crippen LogP contribution is 2.23. The molecule has 0 aromatic carbocycles. The van der Waals surface area contributed by atoms with Crippen LogP contribution in [-0.2, 0) is 28.7 Å². The molecule has 2 rings (SSSR count). The van der Waals surface area contributed by atoms with Crippen molar-refractivity contribution in [3.8, 4) is 0 Å². The minimum Gasteiger partial charge on any atom is -0.456 e. The number of esters is 1. The summed E-state index contributed by atoms with van der Waals surface area (Å²) < 4.78 is 5.36. The molecule has 178 valence electrons. The van der Waals surface area contributed by atoms with Crippen LogP contribution < -0.4 is 21.3 Å². The van der Waals surface area contributed by atoms with Gasteiger partial charge in [-0.05, 0) is 25.3 Å². The van der Waals surface area contributed by atoms with Crippen LogP contribution in [0.25, 0.3) is 0 Å². The highest BCUT2D eigenvalue weighted by Gasteiger charge is 2.31. The highest BCUT2D eigenvalue weighted by atomic mass is 33.1. The van der Waals surface area contributed by atoms with Crippen LogP contribution >= 0.6 is 21.6 Å². The highest BCUT2D eigenvalue weighted by molar-refractivity contribution is 8.76. The molecule has 1 fully saturated rings. The number of hydrogen-bond donors (Lipinski definition) is 4. The van der Waals surface area contributed by atoms with Gasteiger partial charge in [0.25, 0.3) is 0 Å². The molecule has 0 spiro atoms. The van der Waals surface area contributed by atoms with Gasteiger partial charge in [-0.15, -0.1) is 0 Å². The van der Waals surface area contributed by atoms with Gasteiger partial charge in [0.2, 0.25) is 23.6 Å². The van der Waals surface area contributed by atoms with E-state index in [1.807, 2.05) is 6.08 Å². The van der Waals surface area contributed by atoms with Gasteiger partial charge in [-0.1, -0.05) is 41.5 Å². The molecule has 0 saturated carbocycles. The molecule has 2 aliphatic rings. The van der Waals surface area contributed by atoms with Crippen LogP contribution in [0, 0.1) is 5.92 Å². The molecule has 2 bridgehead atoms. The lowest BCUT2D eigenvalue weighted by molar-refractivity contribution is -0.148. The quantitative estimate of drug-likeness (QED) is 0.228. The van der Waals surface area contributed by atoms with E-state index in [1.54, 1.807) is 19.9 Å². The van der Waals surface area contributed by atoms with Gasteiger partial charge in [-0.2, -0.15) is 0 Å². The average molecular weight is 487 g/mol. The Balaban J connectivity index is 2.39. The van der Waals surface area contributed by atoms with Gasteiger partial charge in [0.15, 0.2) is 0 Å². The van der Waals surface area contributed by atoms with Crippen molar-refractivity contribution in [2.24, 2.45) is 5.92 Å².